The summed E-state index contributed by atoms with van der Waals surface area (Å²) in [5, 5.41) is 34.2. The number of methoxy groups -OCH3 is 1. The fourth-order valence-corrected chi connectivity index (χ4v) is 9.33. The Kier molecular flexibility index (Phi) is 7.39. The number of hydrogen-bond acceptors (Lipinski definition) is 8. The molecule has 0 spiro atoms. The molecule has 8 nitrogen and oxygen atoms in total. The van der Waals surface area contributed by atoms with E-state index in [0.29, 0.717) is 30.4 Å². The van der Waals surface area contributed by atoms with Crippen LogP contribution in [0.1, 0.15) is 87.0 Å². The van der Waals surface area contributed by atoms with Crippen molar-refractivity contribution in [1.82, 2.24) is 0 Å². The van der Waals surface area contributed by atoms with Crippen LogP contribution in [0, 0.1) is 45.3 Å². The molecule has 0 heterocycles. The molecular weight excluding hydrogens is 500 g/mol. The van der Waals surface area contributed by atoms with Crippen LogP contribution in [0.2, 0.25) is 0 Å². The fourth-order valence-electron chi connectivity index (χ4n) is 9.33. The van der Waals surface area contributed by atoms with Crippen LogP contribution in [0.25, 0.3) is 0 Å². The van der Waals surface area contributed by atoms with Crippen molar-refractivity contribution in [3.8, 4) is 0 Å². The number of Topliss-reactive ketones (excluding diaryl/α,β-unsaturated/α-hetero) is 3. The molecule has 0 aromatic heterocycles. The minimum absolute atomic E-state index is 0.0164. The first-order valence-corrected chi connectivity index (χ1v) is 14.4. The van der Waals surface area contributed by atoms with E-state index in [9.17, 15) is 34.5 Å². The summed E-state index contributed by atoms with van der Waals surface area (Å²) in [6, 6.07) is 0. The van der Waals surface area contributed by atoms with E-state index in [0.717, 1.165) is 0 Å². The van der Waals surface area contributed by atoms with Crippen molar-refractivity contribution in [1.29, 1.82) is 0 Å². The smallest absolute Gasteiger partial charge is 0.308 e. The number of aliphatic hydroxyl groups is 3. The van der Waals surface area contributed by atoms with Crippen molar-refractivity contribution in [2.75, 3.05) is 7.11 Å². The van der Waals surface area contributed by atoms with Gasteiger partial charge in [-0.2, -0.15) is 0 Å². The molecule has 0 aliphatic heterocycles. The quantitative estimate of drug-likeness (QED) is 0.432. The molecule has 2 saturated carbocycles. The van der Waals surface area contributed by atoms with Crippen LogP contribution in [-0.2, 0) is 23.9 Å². The minimum Gasteiger partial charge on any atom is -0.469 e. The van der Waals surface area contributed by atoms with E-state index in [2.05, 4.69) is 0 Å². The van der Waals surface area contributed by atoms with Crippen LogP contribution in [0.5, 0.6) is 0 Å². The second kappa shape index (κ2) is 9.59. The molecule has 0 amide bonds. The average molecular weight is 547 g/mol. The number of esters is 1. The average Bonchev–Trinajstić information content (AvgIpc) is 3.07. The van der Waals surface area contributed by atoms with E-state index in [1.807, 2.05) is 27.7 Å². The van der Waals surface area contributed by atoms with Crippen molar-refractivity contribution in [3.63, 3.8) is 0 Å². The fraction of sp³-hybridized carbons (Fsp3) is 0.806. The highest BCUT2D eigenvalue weighted by atomic mass is 16.5. The third-order valence-corrected chi connectivity index (χ3v) is 11.9. The van der Waals surface area contributed by atoms with Crippen LogP contribution in [-0.4, -0.2) is 64.1 Å². The van der Waals surface area contributed by atoms with Gasteiger partial charge in [-0.05, 0) is 60.3 Å². The number of carbonyl (C=O) groups excluding carboxylic acids is 4. The van der Waals surface area contributed by atoms with E-state index in [1.165, 1.54) is 7.11 Å². The zero-order valence-electron chi connectivity index (χ0n) is 24.7. The Morgan fingerprint density at radius 2 is 1.64 bits per heavy atom. The molecule has 39 heavy (non-hydrogen) atoms. The Morgan fingerprint density at radius 1 is 1.03 bits per heavy atom. The van der Waals surface area contributed by atoms with E-state index in [4.69, 9.17) is 4.74 Å². The summed E-state index contributed by atoms with van der Waals surface area (Å²) in [6.45, 7) is 12.9. The topological polar surface area (TPSA) is 138 Å². The van der Waals surface area contributed by atoms with Crippen molar-refractivity contribution in [2.45, 2.75) is 105 Å². The van der Waals surface area contributed by atoms with Gasteiger partial charge in [0.15, 0.2) is 5.78 Å². The summed E-state index contributed by atoms with van der Waals surface area (Å²) in [5.74, 6) is -2.77. The van der Waals surface area contributed by atoms with Gasteiger partial charge in [-0.15, -0.1) is 0 Å². The summed E-state index contributed by atoms with van der Waals surface area (Å²) < 4.78 is 4.73. The SMILES string of the molecule is COC(=O)[C@@H](C)CC(=O)C[C@@H](C)[C@H]1CC(=O)[C@@]2(C)C3=C(C(=O)[C@H](O)[C@]12C)[C@@]1(C)CC[C@H](O)C(C)(C)[C@@H]1C[C@@H]3O. The van der Waals surface area contributed by atoms with Gasteiger partial charge >= 0.3 is 5.97 Å². The number of rotatable bonds is 6. The Hall–Kier alpha value is -1.90. The predicted octanol–water partition coefficient (Wildman–Crippen LogP) is 3.19. The largest absolute Gasteiger partial charge is 0.469 e. The lowest BCUT2D eigenvalue weighted by molar-refractivity contribution is -0.159. The molecule has 4 aliphatic carbocycles. The van der Waals surface area contributed by atoms with Gasteiger partial charge in [0.2, 0.25) is 0 Å². The molecule has 0 aromatic rings. The maximum absolute atomic E-state index is 14.2. The van der Waals surface area contributed by atoms with E-state index in [1.54, 1.807) is 20.8 Å². The number of ether oxygens (including phenoxy) is 1. The summed E-state index contributed by atoms with van der Waals surface area (Å²) in [5.41, 5.74) is -2.91. The molecule has 218 valence electrons. The molecule has 2 fully saturated rings. The molecule has 0 unspecified atom stereocenters. The van der Waals surface area contributed by atoms with Crippen LogP contribution < -0.4 is 0 Å². The maximum Gasteiger partial charge on any atom is 0.308 e. The first kappa shape index (κ1) is 30.1. The molecule has 3 N–H and O–H groups in total. The number of carbonyl (C=O) groups is 4. The lowest BCUT2D eigenvalue weighted by Crippen LogP contribution is -2.64. The maximum atomic E-state index is 14.2. The number of hydrogen-bond donors (Lipinski definition) is 3. The second-order valence-electron chi connectivity index (χ2n) is 14.1. The minimum atomic E-state index is -1.47. The van der Waals surface area contributed by atoms with Gasteiger partial charge in [-0.3, -0.25) is 19.2 Å². The van der Waals surface area contributed by atoms with Gasteiger partial charge in [0, 0.05) is 30.3 Å². The van der Waals surface area contributed by atoms with Crippen LogP contribution >= 0.6 is 0 Å². The van der Waals surface area contributed by atoms with Crippen LogP contribution in [0.4, 0.5) is 0 Å². The highest BCUT2D eigenvalue weighted by Crippen LogP contribution is 2.70. The highest BCUT2D eigenvalue weighted by Gasteiger charge is 2.73. The second-order valence-corrected chi connectivity index (χ2v) is 14.1. The van der Waals surface area contributed by atoms with Crippen LogP contribution in [0.15, 0.2) is 11.1 Å². The first-order valence-electron chi connectivity index (χ1n) is 14.4. The first-order chi connectivity index (χ1) is 17.9. The van der Waals surface area contributed by atoms with Crippen molar-refractivity contribution in [3.05, 3.63) is 11.1 Å². The molecule has 4 aliphatic rings. The molecule has 0 radical (unpaired) electrons. The van der Waals surface area contributed by atoms with Crippen LogP contribution in [0.3, 0.4) is 0 Å². The lowest BCUT2D eigenvalue weighted by Gasteiger charge is -2.62. The third kappa shape index (κ3) is 3.95. The number of ketones is 3. The van der Waals surface area contributed by atoms with Gasteiger partial charge < -0.3 is 20.1 Å². The Labute approximate surface area is 231 Å². The van der Waals surface area contributed by atoms with Gasteiger partial charge in [-0.1, -0.05) is 41.5 Å². The molecule has 0 saturated heterocycles. The van der Waals surface area contributed by atoms with Crippen molar-refractivity contribution in [2.24, 2.45) is 45.3 Å². The van der Waals surface area contributed by atoms with E-state index >= 15 is 0 Å². The van der Waals surface area contributed by atoms with Gasteiger partial charge in [0.25, 0.3) is 0 Å². The normalized spacial score (nSPS) is 42.8. The van der Waals surface area contributed by atoms with Gasteiger partial charge in [0.1, 0.15) is 17.7 Å². The highest BCUT2D eigenvalue weighted by molar-refractivity contribution is 6.07. The summed E-state index contributed by atoms with van der Waals surface area (Å²) in [7, 11) is 1.28. The van der Waals surface area contributed by atoms with Gasteiger partial charge in [0.05, 0.1) is 30.7 Å². The third-order valence-electron chi connectivity index (χ3n) is 11.9. The van der Waals surface area contributed by atoms with Crippen molar-refractivity contribution < 1.29 is 39.2 Å². The monoisotopic (exact) mass is 546 g/mol. The number of fused-ring (bicyclic) bond motifs is 4. The molecule has 8 heteroatoms. The Bertz CT molecular complexity index is 1120. The molecule has 0 aromatic carbocycles. The zero-order valence-corrected chi connectivity index (χ0v) is 24.7. The number of aliphatic hydroxyl groups excluding tert-OH is 3. The molecule has 4 rings (SSSR count). The zero-order chi connectivity index (χ0) is 29.5. The van der Waals surface area contributed by atoms with E-state index < -0.39 is 63.6 Å². The molecule has 10 atom stereocenters. The molecule has 0 bridgehead atoms. The van der Waals surface area contributed by atoms with Gasteiger partial charge in [-0.25, -0.2) is 0 Å². The predicted molar refractivity (Wildman–Crippen MR) is 143 cm³/mol. The van der Waals surface area contributed by atoms with E-state index in [-0.39, 0.29) is 42.7 Å². The standard InChI is InChI=1S/C31H46O8/c1-15(11-17(32)12-16(2)27(38)39-8)18-13-22(35)31(7)23-19(33)14-20-28(3,4)21(34)9-10-29(20,5)24(23)25(36)26(37)30(18,31)6/h15-16,18-21,26,33-34,37H,9-14H2,1-8H3/t15-,16+,18-,19+,20+,21+,26+,29+,30+,31+/m1/s1. The molecular formula is C31H46O8. The Morgan fingerprint density at radius 3 is 2.23 bits per heavy atom. The van der Waals surface area contributed by atoms with Crippen molar-refractivity contribution >= 4 is 23.3 Å². The Balaban J connectivity index is 1.76. The summed E-state index contributed by atoms with van der Waals surface area (Å²) >= 11 is 0. The lowest BCUT2D eigenvalue weighted by atomic mass is 9.42. The summed E-state index contributed by atoms with van der Waals surface area (Å²) in [6.07, 6.45) is -1.55. The summed E-state index contributed by atoms with van der Waals surface area (Å²) in [4.78, 5) is 52.9.